The second-order valence-electron chi connectivity index (χ2n) is 5.29. The molecule has 1 unspecified atom stereocenters. The molecule has 0 bridgehead atoms. The highest BCUT2D eigenvalue weighted by Crippen LogP contribution is 2.30. The molecule has 2 amide bonds. The molecule has 1 aromatic rings. The molecule has 2 rings (SSSR count). The zero-order valence-electron chi connectivity index (χ0n) is 13.6. The molecular weight excluding hydrogens is 300 g/mol. The van der Waals surface area contributed by atoms with Gasteiger partial charge in [-0.25, -0.2) is 0 Å². The fraction of sp³-hybridized carbons (Fsp3) is 0.500. The highest BCUT2D eigenvalue weighted by molar-refractivity contribution is 5.98. The van der Waals surface area contributed by atoms with Gasteiger partial charge in [0.25, 0.3) is 0 Å². The molecule has 0 spiro atoms. The van der Waals surface area contributed by atoms with Gasteiger partial charge in [0, 0.05) is 32.7 Å². The van der Waals surface area contributed by atoms with Crippen LogP contribution < -0.4 is 14.8 Å². The summed E-state index contributed by atoms with van der Waals surface area (Å²) in [7, 11) is 4.67. The number of hydrogen-bond acceptors (Lipinski definition) is 5. The van der Waals surface area contributed by atoms with Crippen molar-refractivity contribution in [1.29, 1.82) is 0 Å². The minimum absolute atomic E-state index is 0.0280. The third kappa shape index (κ3) is 4.13. The second kappa shape index (κ2) is 7.82. The number of nitrogens with zero attached hydrogens (tertiary/aromatic N) is 1. The van der Waals surface area contributed by atoms with E-state index in [0.717, 1.165) is 0 Å². The summed E-state index contributed by atoms with van der Waals surface area (Å²) in [6.45, 7) is 1.37. The van der Waals surface area contributed by atoms with Crippen LogP contribution in [0.5, 0.6) is 11.5 Å². The van der Waals surface area contributed by atoms with E-state index < -0.39 is 0 Å². The maximum atomic E-state index is 12.4. The molecule has 1 N–H and O–H groups in total. The molecule has 0 radical (unpaired) electrons. The topological polar surface area (TPSA) is 77.1 Å². The summed E-state index contributed by atoms with van der Waals surface area (Å²) in [5.74, 6) is 0.546. The Balaban J connectivity index is 2.03. The number of ether oxygens (including phenoxy) is 3. The third-order valence-electron chi connectivity index (χ3n) is 3.82. The Morgan fingerprint density at radius 3 is 2.74 bits per heavy atom. The predicted molar refractivity (Wildman–Crippen MR) is 84.7 cm³/mol. The van der Waals surface area contributed by atoms with Gasteiger partial charge in [0.1, 0.15) is 11.5 Å². The predicted octanol–water partition coefficient (Wildman–Crippen LogP) is 1.14. The van der Waals surface area contributed by atoms with Crippen LogP contribution in [0.2, 0.25) is 0 Å². The first-order valence-corrected chi connectivity index (χ1v) is 7.38. The minimum Gasteiger partial charge on any atom is -0.497 e. The number of carbonyl (C=O) groups is 2. The van der Waals surface area contributed by atoms with Crippen molar-refractivity contribution < 1.29 is 23.8 Å². The molecule has 1 aliphatic rings. The van der Waals surface area contributed by atoms with Crippen LogP contribution in [0.15, 0.2) is 18.2 Å². The first-order valence-electron chi connectivity index (χ1n) is 7.38. The van der Waals surface area contributed by atoms with Gasteiger partial charge in [-0.1, -0.05) is 0 Å². The number of carbonyl (C=O) groups excluding carboxylic acids is 2. The highest BCUT2D eigenvalue weighted by Gasteiger charge is 2.34. The van der Waals surface area contributed by atoms with Crippen LogP contribution in [0.25, 0.3) is 0 Å². The molecule has 126 valence electrons. The van der Waals surface area contributed by atoms with Crippen LogP contribution in [0, 0.1) is 5.92 Å². The number of hydrogen-bond donors (Lipinski definition) is 1. The van der Waals surface area contributed by atoms with Gasteiger partial charge in [-0.15, -0.1) is 0 Å². The van der Waals surface area contributed by atoms with Gasteiger partial charge in [-0.3, -0.25) is 9.59 Å². The summed E-state index contributed by atoms with van der Waals surface area (Å²) in [5.41, 5.74) is 0.527. The van der Waals surface area contributed by atoms with Crippen LogP contribution in [-0.4, -0.2) is 57.7 Å². The van der Waals surface area contributed by atoms with Crippen molar-refractivity contribution in [1.82, 2.24) is 4.90 Å². The average Bonchev–Trinajstić information content (AvgIpc) is 2.93. The lowest BCUT2D eigenvalue weighted by Gasteiger charge is -2.16. The van der Waals surface area contributed by atoms with E-state index in [4.69, 9.17) is 14.2 Å². The quantitative estimate of drug-likeness (QED) is 0.814. The van der Waals surface area contributed by atoms with Gasteiger partial charge < -0.3 is 24.4 Å². The molecule has 1 aromatic carbocycles. The van der Waals surface area contributed by atoms with Crippen LogP contribution in [0.3, 0.4) is 0 Å². The summed E-state index contributed by atoms with van der Waals surface area (Å²) in [6, 6.07) is 5.16. The zero-order valence-corrected chi connectivity index (χ0v) is 13.6. The lowest BCUT2D eigenvalue weighted by molar-refractivity contribution is -0.128. The highest BCUT2D eigenvalue weighted by atomic mass is 16.5. The molecule has 23 heavy (non-hydrogen) atoms. The first-order chi connectivity index (χ1) is 11.1. The summed E-state index contributed by atoms with van der Waals surface area (Å²) in [6.07, 6.45) is 0.210. The Hall–Kier alpha value is -2.28. The van der Waals surface area contributed by atoms with E-state index in [9.17, 15) is 9.59 Å². The summed E-state index contributed by atoms with van der Waals surface area (Å²) >= 11 is 0. The SMILES string of the molecule is COCCN1CC(C(=O)Nc2cc(OC)ccc2OC)CC1=O. The number of nitrogens with one attached hydrogen (secondary N) is 1. The maximum absolute atomic E-state index is 12.4. The van der Waals surface area contributed by atoms with Gasteiger partial charge in [0.2, 0.25) is 11.8 Å². The van der Waals surface area contributed by atoms with E-state index in [1.165, 1.54) is 7.11 Å². The molecule has 1 saturated heterocycles. The van der Waals surface area contributed by atoms with Gasteiger partial charge in [-0.05, 0) is 12.1 Å². The van der Waals surface area contributed by atoms with E-state index in [-0.39, 0.29) is 24.2 Å². The summed E-state index contributed by atoms with van der Waals surface area (Å²) in [4.78, 5) is 26.0. The number of amides is 2. The summed E-state index contributed by atoms with van der Waals surface area (Å²) < 4.78 is 15.4. The van der Waals surface area contributed by atoms with Crippen LogP contribution in [0.1, 0.15) is 6.42 Å². The Bertz CT molecular complexity index is 576. The second-order valence-corrected chi connectivity index (χ2v) is 5.29. The largest absolute Gasteiger partial charge is 0.497 e. The molecule has 0 aromatic heterocycles. The molecule has 1 fully saturated rings. The van der Waals surface area contributed by atoms with Crippen molar-refractivity contribution >= 4 is 17.5 Å². The van der Waals surface area contributed by atoms with Crippen molar-refractivity contribution in [2.75, 3.05) is 46.3 Å². The third-order valence-corrected chi connectivity index (χ3v) is 3.82. The Morgan fingerprint density at radius 2 is 2.09 bits per heavy atom. The maximum Gasteiger partial charge on any atom is 0.229 e. The van der Waals surface area contributed by atoms with Crippen LogP contribution in [-0.2, 0) is 14.3 Å². The van der Waals surface area contributed by atoms with Crippen molar-refractivity contribution in [3.05, 3.63) is 18.2 Å². The molecule has 0 saturated carbocycles. The van der Waals surface area contributed by atoms with Gasteiger partial charge in [-0.2, -0.15) is 0 Å². The van der Waals surface area contributed by atoms with E-state index in [2.05, 4.69) is 5.32 Å². The fourth-order valence-electron chi connectivity index (χ4n) is 2.51. The van der Waals surface area contributed by atoms with E-state index in [0.29, 0.717) is 36.9 Å². The number of likely N-dealkylation sites (tertiary alicyclic amines) is 1. The normalized spacial score (nSPS) is 17.3. The number of methoxy groups -OCH3 is 3. The average molecular weight is 322 g/mol. The molecule has 7 nitrogen and oxygen atoms in total. The zero-order chi connectivity index (χ0) is 16.8. The number of rotatable bonds is 7. The molecule has 0 aliphatic carbocycles. The summed E-state index contributed by atoms with van der Waals surface area (Å²) in [5, 5.41) is 2.82. The first kappa shape index (κ1) is 17.1. The standard InChI is InChI=1S/C16H22N2O5/c1-21-7-6-18-10-11(8-15(18)19)16(20)17-13-9-12(22-2)4-5-14(13)23-3/h4-5,9,11H,6-8,10H2,1-3H3,(H,17,20). The molecular formula is C16H22N2O5. The molecule has 1 heterocycles. The van der Waals surface area contributed by atoms with Crippen molar-refractivity contribution in [3.63, 3.8) is 0 Å². The Kier molecular flexibility index (Phi) is 5.81. The minimum atomic E-state index is -0.379. The van der Waals surface area contributed by atoms with Crippen molar-refractivity contribution in [3.8, 4) is 11.5 Å². The molecule has 1 atom stereocenters. The Labute approximate surface area is 135 Å². The lowest BCUT2D eigenvalue weighted by Crippen LogP contribution is -2.30. The molecule has 1 aliphatic heterocycles. The van der Waals surface area contributed by atoms with Crippen molar-refractivity contribution in [2.24, 2.45) is 5.92 Å². The van der Waals surface area contributed by atoms with Gasteiger partial charge in [0.05, 0.1) is 32.4 Å². The monoisotopic (exact) mass is 322 g/mol. The number of benzene rings is 1. The van der Waals surface area contributed by atoms with E-state index >= 15 is 0 Å². The Morgan fingerprint density at radius 1 is 1.30 bits per heavy atom. The number of anilines is 1. The van der Waals surface area contributed by atoms with Gasteiger partial charge in [0.15, 0.2) is 0 Å². The molecule has 7 heteroatoms. The smallest absolute Gasteiger partial charge is 0.229 e. The van der Waals surface area contributed by atoms with Crippen molar-refractivity contribution in [2.45, 2.75) is 6.42 Å². The van der Waals surface area contributed by atoms with E-state index in [1.807, 2.05) is 0 Å². The van der Waals surface area contributed by atoms with Gasteiger partial charge >= 0.3 is 0 Å². The lowest BCUT2D eigenvalue weighted by atomic mass is 10.1. The van der Waals surface area contributed by atoms with E-state index in [1.54, 1.807) is 37.3 Å². The van der Waals surface area contributed by atoms with Crippen LogP contribution >= 0.6 is 0 Å². The van der Waals surface area contributed by atoms with Crippen LogP contribution in [0.4, 0.5) is 5.69 Å². The fourth-order valence-corrected chi connectivity index (χ4v) is 2.51.